The van der Waals surface area contributed by atoms with Crippen LogP contribution in [0.5, 0.6) is 5.88 Å². The van der Waals surface area contributed by atoms with E-state index in [1.54, 1.807) is 0 Å². The molecule has 1 aromatic carbocycles. The number of non-ortho nitro benzene ring substituents is 1. The third kappa shape index (κ3) is 5.98. The number of nitrogens with zero attached hydrogens (tertiary/aromatic N) is 2. The highest BCUT2D eigenvalue weighted by Gasteiger charge is 2.32. The highest BCUT2D eigenvalue weighted by atomic mass is 35.5. The van der Waals surface area contributed by atoms with Crippen molar-refractivity contribution in [2.45, 2.75) is 44.0 Å². The van der Waals surface area contributed by atoms with E-state index < -0.39 is 22.6 Å². The van der Waals surface area contributed by atoms with Crippen molar-refractivity contribution in [3.05, 3.63) is 61.7 Å². The number of aromatic nitrogens is 1. The summed E-state index contributed by atoms with van der Waals surface area (Å²) in [5.74, 6) is -0.750. The lowest BCUT2D eigenvalue weighted by atomic mass is 9.92. The van der Waals surface area contributed by atoms with E-state index in [1.165, 1.54) is 12.1 Å². The average molecular weight is 478 g/mol. The minimum Gasteiger partial charge on any atom is -0.474 e. The molecule has 1 saturated carbocycles. The Bertz CT molecular complexity index is 996. The van der Waals surface area contributed by atoms with Crippen LogP contribution in [-0.4, -0.2) is 28.0 Å². The molecule has 0 bridgehead atoms. The fourth-order valence-corrected chi connectivity index (χ4v) is 3.66. The van der Waals surface area contributed by atoms with Crippen molar-refractivity contribution in [1.82, 2.24) is 10.3 Å². The Morgan fingerprint density at radius 2 is 1.84 bits per heavy atom. The summed E-state index contributed by atoms with van der Waals surface area (Å²) in [6.45, 7) is 0. The molecule has 166 valence electrons. The predicted molar refractivity (Wildman–Crippen MR) is 106 cm³/mol. The van der Waals surface area contributed by atoms with E-state index in [0.717, 1.165) is 18.2 Å². The molecule has 2 aromatic rings. The number of nitrogens with one attached hydrogen (secondary N) is 1. The first kappa shape index (κ1) is 23.1. The zero-order chi connectivity index (χ0) is 22.8. The average Bonchev–Trinajstić information content (AvgIpc) is 2.68. The number of nitro benzene ring substituents is 1. The number of hydrogen-bond acceptors (Lipinski definition) is 5. The van der Waals surface area contributed by atoms with E-state index in [9.17, 15) is 28.1 Å². The van der Waals surface area contributed by atoms with E-state index in [1.807, 2.05) is 0 Å². The van der Waals surface area contributed by atoms with Crippen LogP contribution < -0.4 is 10.1 Å². The summed E-state index contributed by atoms with van der Waals surface area (Å²) < 4.78 is 44.3. The first-order valence-corrected chi connectivity index (χ1v) is 9.95. The molecule has 1 fully saturated rings. The summed E-state index contributed by atoms with van der Waals surface area (Å²) in [5, 5.41) is 13.4. The number of carbonyl (C=O) groups is 1. The highest BCUT2D eigenvalue weighted by Crippen LogP contribution is 2.33. The monoisotopic (exact) mass is 477 g/mol. The maximum atomic E-state index is 12.9. The largest absolute Gasteiger partial charge is 0.474 e. The molecule has 1 heterocycles. The van der Waals surface area contributed by atoms with Gasteiger partial charge >= 0.3 is 6.18 Å². The third-order valence-corrected chi connectivity index (χ3v) is 5.32. The van der Waals surface area contributed by atoms with Crippen LogP contribution in [0.1, 0.15) is 41.6 Å². The van der Waals surface area contributed by atoms with Crippen LogP contribution in [0.15, 0.2) is 30.3 Å². The molecule has 0 saturated heterocycles. The Balaban J connectivity index is 1.58. The van der Waals surface area contributed by atoms with Gasteiger partial charge in [0.05, 0.1) is 21.1 Å². The Hall–Kier alpha value is -2.59. The van der Waals surface area contributed by atoms with Gasteiger partial charge in [-0.3, -0.25) is 14.9 Å². The van der Waals surface area contributed by atoms with Crippen LogP contribution in [0.3, 0.4) is 0 Å². The Labute approximate surface area is 184 Å². The number of ether oxygens (including phenoxy) is 1. The summed E-state index contributed by atoms with van der Waals surface area (Å²) in [6.07, 6.45) is -3.04. The molecule has 1 aliphatic rings. The molecule has 31 heavy (non-hydrogen) atoms. The summed E-state index contributed by atoms with van der Waals surface area (Å²) >= 11 is 11.6. The minimum atomic E-state index is -4.57. The van der Waals surface area contributed by atoms with Gasteiger partial charge in [0.2, 0.25) is 5.88 Å². The standard InChI is InChI=1S/C19H16Cl2F3N3O4/c20-15-6-3-12(27(29)30)9-14(15)18(28)25-11-1-4-13(5-2-11)31-17-8-10(19(22,23)24)7-16(21)26-17/h3,6-9,11,13H,1-2,4-5H2,(H,25,28). The quantitative estimate of drug-likeness (QED) is 0.351. The van der Waals surface area contributed by atoms with Crippen molar-refractivity contribution in [2.24, 2.45) is 0 Å². The van der Waals surface area contributed by atoms with Gasteiger partial charge in [0, 0.05) is 24.2 Å². The van der Waals surface area contributed by atoms with Gasteiger partial charge in [-0.15, -0.1) is 0 Å². The first-order valence-electron chi connectivity index (χ1n) is 9.19. The van der Waals surface area contributed by atoms with E-state index in [0.29, 0.717) is 25.7 Å². The van der Waals surface area contributed by atoms with Gasteiger partial charge < -0.3 is 10.1 Å². The number of halogens is 5. The van der Waals surface area contributed by atoms with Crippen LogP contribution in [0, 0.1) is 10.1 Å². The second-order valence-electron chi connectivity index (χ2n) is 7.00. The van der Waals surface area contributed by atoms with Crippen molar-refractivity contribution in [3.63, 3.8) is 0 Å². The predicted octanol–water partition coefficient (Wildman–Crippen LogP) is 5.44. The molecule has 0 unspecified atom stereocenters. The van der Waals surface area contributed by atoms with Gasteiger partial charge in [0.25, 0.3) is 11.6 Å². The van der Waals surface area contributed by atoms with Crippen molar-refractivity contribution in [1.29, 1.82) is 0 Å². The maximum absolute atomic E-state index is 12.9. The van der Waals surface area contributed by atoms with E-state index in [4.69, 9.17) is 27.9 Å². The number of amides is 1. The van der Waals surface area contributed by atoms with Crippen LogP contribution in [0.25, 0.3) is 0 Å². The number of hydrogen-bond donors (Lipinski definition) is 1. The SMILES string of the molecule is O=C(NC1CCC(Oc2cc(C(F)(F)F)cc(Cl)n2)CC1)c1cc([N+](=O)[O-])ccc1Cl. The van der Waals surface area contributed by atoms with Crippen molar-refractivity contribution < 1.29 is 27.6 Å². The summed E-state index contributed by atoms with van der Waals surface area (Å²) in [7, 11) is 0. The van der Waals surface area contributed by atoms with Crippen molar-refractivity contribution in [3.8, 4) is 5.88 Å². The molecule has 1 amide bonds. The number of pyridine rings is 1. The molecular weight excluding hydrogens is 462 g/mol. The Morgan fingerprint density at radius 1 is 1.16 bits per heavy atom. The number of rotatable bonds is 5. The number of nitro groups is 1. The van der Waals surface area contributed by atoms with Gasteiger partial charge in [0.15, 0.2) is 0 Å². The lowest BCUT2D eigenvalue weighted by Gasteiger charge is -2.29. The molecule has 7 nitrogen and oxygen atoms in total. The van der Waals surface area contributed by atoms with Gasteiger partial charge in [-0.05, 0) is 37.8 Å². The molecule has 0 atom stereocenters. The normalized spacial score (nSPS) is 19.0. The molecule has 0 aliphatic heterocycles. The maximum Gasteiger partial charge on any atom is 0.416 e. The molecule has 0 spiro atoms. The number of carbonyl (C=O) groups excluding carboxylic acids is 1. The zero-order valence-corrected chi connectivity index (χ0v) is 17.3. The first-order chi connectivity index (χ1) is 14.5. The van der Waals surface area contributed by atoms with Crippen LogP contribution >= 0.6 is 23.2 Å². The van der Waals surface area contributed by atoms with E-state index >= 15 is 0 Å². The summed E-state index contributed by atoms with van der Waals surface area (Å²) in [4.78, 5) is 26.5. The fourth-order valence-electron chi connectivity index (χ4n) is 3.26. The van der Waals surface area contributed by atoms with Crippen LogP contribution in [0.4, 0.5) is 18.9 Å². The smallest absolute Gasteiger partial charge is 0.416 e. The van der Waals surface area contributed by atoms with Crippen molar-refractivity contribution >= 4 is 34.8 Å². The van der Waals surface area contributed by atoms with Gasteiger partial charge in [-0.2, -0.15) is 13.2 Å². The van der Waals surface area contributed by atoms with E-state index in [-0.39, 0.29) is 39.5 Å². The fraction of sp³-hybridized carbons (Fsp3) is 0.368. The Morgan fingerprint density at radius 3 is 2.45 bits per heavy atom. The van der Waals surface area contributed by atoms with Crippen LogP contribution in [0.2, 0.25) is 10.2 Å². The molecule has 0 radical (unpaired) electrons. The second-order valence-corrected chi connectivity index (χ2v) is 7.80. The second kappa shape index (κ2) is 9.27. The highest BCUT2D eigenvalue weighted by molar-refractivity contribution is 6.34. The lowest BCUT2D eigenvalue weighted by molar-refractivity contribution is -0.384. The zero-order valence-electron chi connectivity index (χ0n) is 15.8. The van der Waals surface area contributed by atoms with Crippen LogP contribution in [-0.2, 0) is 6.18 Å². The molecule has 1 N–H and O–H groups in total. The topological polar surface area (TPSA) is 94.4 Å². The van der Waals surface area contributed by atoms with E-state index in [2.05, 4.69) is 10.3 Å². The number of alkyl halides is 3. The molecule has 1 aromatic heterocycles. The van der Waals surface area contributed by atoms with Crippen molar-refractivity contribution in [2.75, 3.05) is 0 Å². The Kier molecular flexibility index (Phi) is 6.90. The minimum absolute atomic E-state index is 0.00273. The summed E-state index contributed by atoms with van der Waals surface area (Å²) in [5.41, 5.74) is -1.20. The molecular formula is C19H16Cl2F3N3O4. The summed E-state index contributed by atoms with van der Waals surface area (Å²) in [6, 6.07) is 4.88. The van der Waals surface area contributed by atoms with Gasteiger partial charge in [0.1, 0.15) is 11.3 Å². The van der Waals surface area contributed by atoms with Gasteiger partial charge in [-0.1, -0.05) is 23.2 Å². The lowest BCUT2D eigenvalue weighted by Crippen LogP contribution is -2.39. The third-order valence-electron chi connectivity index (χ3n) is 4.80. The number of benzene rings is 1. The molecule has 3 rings (SSSR count). The molecule has 1 aliphatic carbocycles. The van der Waals surface area contributed by atoms with Gasteiger partial charge in [-0.25, -0.2) is 4.98 Å². The molecule has 12 heteroatoms.